The molecule has 0 spiro atoms. The van der Waals surface area contributed by atoms with Crippen LogP contribution in [0, 0.1) is 12.7 Å². The summed E-state index contributed by atoms with van der Waals surface area (Å²) in [6.07, 6.45) is 0.933. The monoisotopic (exact) mass is 972 g/mol. The van der Waals surface area contributed by atoms with Crippen molar-refractivity contribution in [3.05, 3.63) is 190 Å². The number of nitrogens with zero attached hydrogens (tertiary/aromatic N) is 6. The van der Waals surface area contributed by atoms with Crippen molar-refractivity contribution in [1.29, 1.82) is 0 Å². The molecule has 7 aromatic rings. The van der Waals surface area contributed by atoms with Gasteiger partial charge in [-0.1, -0.05) is 142 Å². The lowest BCUT2D eigenvalue weighted by molar-refractivity contribution is 0.135. The van der Waals surface area contributed by atoms with E-state index in [1.54, 1.807) is 13.0 Å². The van der Waals surface area contributed by atoms with Crippen LogP contribution in [0.1, 0.15) is 103 Å². The topological polar surface area (TPSA) is 119 Å². The Labute approximate surface area is 416 Å². The lowest BCUT2D eigenvalue weighted by Crippen LogP contribution is -2.56. The van der Waals surface area contributed by atoms with Crippen molar-refractivity contribution in [3.63, 3.8) is 0 Å². The minimum Gasteiger partial charge on any atom is -0.483 e. The fourth-order valence-electron chi connectivity index (χ4n) is 11.0. The van der Waals surface area contributed by atoms with E-state index in [0.717, 1.165) is 57.5 Å². The number of fused-ring (bicyclic) bond motifs is 2. The van der Waals surface area contributed by atoms with E-state index in [9.17, 15) is 18.3 Å². The van der Waals surface area contributed by atoms with Crippen LogP contribution in [0.15, 0.2) is 145 Å². The second kappa shape index (κ2) is 18.7. The van der Waals surface area contributed by atoms with Crippen LogP contribution in [0.5, 0.6) is 5.75 Å². The highest BCUT2D eigenvalue weighted by Crippen LogP contribution is 2.54. The average Bonchev–Trinajstić information content (AvgIpc) is 4.02. The summed E-state index contributed by atoms with van der Waals surface area (Å²) >= 11 is 0. The first-order chi connectivity index (χ1) is 34.1. The number of likely N-dealkylation sites (tertiary alicyclic amines) is 1. The number of halogens is 1. The van der Waals surface area contributed by atoms with Gasteiger partial charge in [0.15, 0.2) is 5.75 Å². The number of rotatable bonds is 15. The number of carbonyl (C=O) groups is 1. The summed E-state index contributed by atoms with van der Waals surface area (Å²) in [5, 5.41) is 14.9. The van der Waals surface area contributed by atoms with E-state index in [2.05, 4.69) is 103 Å². The number of anilines is 2. The van der Waals surface area contributed by atoms with Gasteiger partial charge in [-0.3, -0.25) is 0 Å². The maximum atomic E-state index is 16.3. The number of hydrogen-bond donors (Lipinski definition) is 1. The zero-order chi connectivity index (χ0) is 49.8. The Bertz CT molecular complexity index is 3120. The number of likely N-dealkylation sites (N-methyl/N-ethyl adjacent to an activating group) is 1. The number of aromatic nitrogens is 2. The largest absolute Gasteiger partial charge is 0.483 e. The quantitative estimate of drug-likeness (QED) is 0.0785. The molecular weight excluding hydrogens is 912 g/mol. The van der Waals surface area contributed by atoms with Gasteiger partial charge in [-0.05, 0) is 96.2 Å². The Kier molecular flexibility index (Phi) is 12.6. The molecule has 13 heteroatoms. The summed E-state index contributed by atoms with van der Waals surface area (Å²) in [6, 6.07) is 47.0. The van der Waals surface area contributed by atoms with Crippen LogP contribution >= 0.6 is 0 Å². The first-order valence-electron chi connectivity index (χ1n) is 24.7. The zero-order valence-electron chi connectivity index (χ0n) is 41.2. The highest BCUT2D eigenvalue weighted by Gasteiger charge is 2.50. The molecule has 1 aliphatic carbocycles. The van der Waals surface area contributed by atoms with Crippen molar-refractivity contribution in [1.82, 2.24) is 19.9 Å². The van der Waals surface area contributed by atoms with Gasteiger partial charge >= 0.3 is 6.09 Å². The van der Waals surface area contributed by atoms with E-state index in [-0.39, 0.29) is 35.2 Å². The number of amides is 1. The Balaban J connectivity index is 1.23. The molecule has 2 aliphatic heterocycles. The summed E-state index contributed by atoms with van der Waals surface area (Å²) in [6.45, 7) is 11.2. The molecule has 2 atom stereocenters. The molecule has 2 fully saturated rings. The molecule has 0 radical (unpaired) electrons. The third kappa shape index (κ3) is 8.66. The molecule has 1 amide bonds. The number of carboxylic acid groups (broad SMARTS) is 1. The van der Waals surface area contributed by atoms with Gasteiger partial charge in [-0.25, -0.2) is 27.6 Å². The standard InChI is InChI=1S/C58H61FN6O5S/c1-7-71(68,69)55-60-52-48(54(61-55)62(6)46-30-31-63(36-46)56(66)67)33-47(41-28-29-41)51(53(52)70-39(3)40-20-12-8-13-21-40)57(4,5)37-64-50-34-49(59)38(2)32-42(50)35-65(64)58(43-22-14-9-15-23-43,44-24-16-10-17-25-44)45-26-18-11-19-27-45/h8-27,32-34,39,41,46H,7,28-31,35-37H2,1-6H3,(H,66,67)/t39-,46-/m0/s1. The fourth-order valence-corrected chi connectivity index (χ4v) is 11.8. The van der Waals surface area contributed by atoms with Crippen molar-refractivity contribution < 1.29 is 27.4 Å². The van der Waals surface area contributed by atoms with Crippen LogP contribution in [-0.2, 0) is 27.3 Å². The highest BCUT2D eigenvalue weighted by molar-refractivity contribution is 7.91. The van der Waals surface area contributed by atoms with E-state index in [1.807, 2.05) is 80.4 Å². The number of aryl methyl sites for hydroxylation is 1. The van der Waals surface area contributed by atoms with Crippen LogP contribution in [0.4, 0.5) is 20.7 Å². The van der Waals surface area contributed by atoms with Gasteiger partial charge < -0.3 is 24.7 Å². The highest BCUT2D eigenvalue weighted by atomic mass is 32.2. The Morgan fingerprint density at radius 2 is 1.44 bits per heavy atom. The maximum Gasteiger partial charge on any atom is 0.407 e. The molecule has 3 heterocycles. The van der Waals surface area contributed by atoms with E-state index in [1.165, 1.54) is 4.90 Å². The molecule has 0 bridgehead atoms. The van der Waals surface area contributed by atoms with Crippen molar-refractivity contribution in [2.24, 2.45) is 0 Å². The summed E-state index contributed by atoms with van der Waals surface area (Å²) in [4.78, 5) is 25.3. The lowest BCUT2D eigenvalue weighted by atomic mass is 9.76. The number of ether oxygens (including phenoxy) is 1. The SMILES string of the molecule is CCS(=O)(=O)c1nc(N(C)[C@H]2CCN(C(=O)O)C2)c2cc(C3CC3)c(C(C)(C)CN3c4cc(F)c(C)cc4CN3C(c3ccccc3)(c3ccccc3)c3ccccc3)c(O[C@@H](C)c3ccccc3)c2n1. The van der Waals surface area contributed by atoms with Crippen LogP contribution in [-0.4, -0.2) is 78.0 Å². The van der Waals surface area contributed by atoms with E-state index >= 15 is 4.39 Å². The molecular formula is C58H61FN6O5S. The van der Waals surface area contributed by atoms with E-state index in [0.29, 0.717) is 54.1 Å². The van der Waals surface area contributed by atoms with Gasteiger partial charge in [-0.15, -0.1) is 0 Å². The van der Waals surface area contributed by atoms with Gasteiger partial charge in [0.05, 0.1) is 11.4 Å². The predicted octanol–water partition coefficient (Wildman–Crippen LogP) is 11.6. The average molecular weight is 973 g/mol. The summed E-state index contributed by atoms with van der Waals surface area (Å²) in [7, 11) is -2.11. The van der Waals surface area contributed by atoms with Crippen molar-refractivity contribution in [2.75, 3.05) is 42.3 Å². The molecule has 6 aromatic carbocycles. The summed E-state index contributed by atoms with van der Waals surface area (Å²) in [5.74, 6) is 0.518. The third-order valence-electron chi connectivity index (χ3n) is 14.9. The second-order valence-electron chi connectivity index (χ2n) is 20.1. The predicted molar refractivity (Wildman–Crippen MR) is 277 cm³/mol. The van der Waals surface area contributed by atoms with Gasteiger partial charge in [-0.2, -0.15) is 5.01 Å². The number of hydrazine groups is 1. The normalized spacial score (nSPS) is 16.9. The van der Waals surface area contributed by atoms with Gasteiger partial charge in [0.25, 0.3) is 0 Å². The van der Waals surface area contributed by atoms with Crippen LogP contribution in [0.3, 0.4) is 0 Å². The minimum absolute atomic E-state index is 0.161. The van der Waals surface area contributed by atoms with Crippen LogP contribution < -0.4 is 14.6 Å². The molecule has 71 heavy (non-hydrogen) atoms. The van der Waals surface area contributed by atoms with Gasteiger partial charge in [0.2, 0.25) is 15.0 Å². The van der Waals surface area contributed by atoms with Gasteiger partial charge in [0, 0.05) is 55.6 Å². The first kappa shape index (κ1) is 47.8. The number of sulfone groups is 1. The molecule has 1 N–H and O–H groups in total. The maximum absolute atomic E-state index is 16.3. The second-order valence-corrected chi connectivity index (χ2v) is 22.2. The van der Waals surface area contributed by atoms with Crippen LogP contribution in [0.2, 0.25) is 0 Å². The molecule has 1 aromatic heterocycles. The third-order valence-corrected chi connectivity index (χ3v) is 16.4. The van der Waals surface area contributed by atoms with Crippen molar-refractivity contribution in [3.8, 4) is 5.75 Å². The molecule has 1 saturated heterocycles. The van der Waals surface area contributed by atoms with Crippen LogP contribution in [0.25, 0.3) is 10.9 Å². The zero-order valence-corrected chi connectivity index (χ0v) is 42.0. The molecule has 0 unspecified atom stereocenters. The summed E-state index contributed by atoms with van der Waals surface area (Å²) < 4.78 is 51.8. The molecule has 10 rings (SSSR count). The number of benzene rings is 6. The fraction of sp³-hybridized carbons (Fsp3) is 0.328. The smallest absolute Gasteiger partial charge is 0.407 e. The molecule has 1 saturated carbocycles. The Morgan fingerprint density at radius 3 is 1.97 bits per heavy atom. The van der Waals surface area contributed by atoms with Gasteiger partial charge in [0.1, 0.15) is 28.8 Å². The summed E-state index contributed by atoms with van der Waals surface area (Å²) in [5.41, 5.74) is 6.99. The molecule has 3 aliphatic rings. The number of hydrogen-bond acceptors (Lipinski definition) is 9. The van der Waals surface area contributed by atoms with E-state index in [4.69, 9.17) is 14.7 Å². The Morgan fingerprint density at radius 1 is 0.859 bits per heavy atom. The minimum atomic E-state index is -3.98. The molecule has 11 nitrogen and oxygen atoms in total. The lowest BCUT2D eigenvalue weighted by Gasteiger charge is -2.50. The molecule has 366 valence electrons. The first-order valence-corrected chi connectivity index (χ1v) is 26.3. The van der Waals surface area contributed by atoms with Crippen molar-refractivity contribution >= 4 is 38.3 Å². The Hall–Kier alpha value is -6.83. The van der Waals surface area contributed by atoms with Crippen molar-refractivity contribution in [2.45, 2.75) is 94.6 Å². The van der Waals surface area contributed by atoms with E-state index < -0.39 is 33.0 Å².